The van der Waals surface area contributed by atoms with Crippen molar-refractivity contribution in [2.45, 2.75) is 102 Å². The van der Waals surface area contributed by atoms with Gasteiger partial charge in [0.2, 0.25) is 5.90 Å². The molecule has 254 valence electrons. The number of hydrazine groups is 1. The number of aliphatic hydroxyl groups is 2. The third kappa shape index (κ3) is 9.68. The number of hydrogen-bond acceptors (Lipinski definition) is 10. The van der Waals surface area contributed by atoms with Crippen molar-refractivity contribution in [1.82, 2.24) is 10.9 Å². The molecule has 0 saturated heterocycles. The van der Waals surface area contributed by atoms with Crippen molar-refractivity contribution in [2.24, 2.45) is 10.1 Å². The highest BCUT2D eigenvalue weighted by Gasteiger charge is 2.54. The summed E-state index contributed by atoms with van der Waals surface area (Å²) in [6, 6.07) is 14.2. The van der Waals surface area contributed by atoms with Crippen LogP contribution in [-0.4, -0.2) is 64.5 Å². The molecule has 1 fully saturated rings. The fourth-order valence-electron chi connectivity index (χ4n) is 5.86. The number of ether oxygens (including phenoxy) is 3. The number of azide groups is 1. The lowest BCUT2D eigenvalue weighted by Crippen LogP contribution is -2.56. The third-order valence-electron chi connectivity index (χ3n) is 8.21. The molecule has 4 N–H and O–H groups in total. The average Bonchev–Trinajstić information content (AvgIpc) is 3.43. The number of amides is 1. The number of aliphatic hydroxyl groups excluding tert-OH is 1. The second kappa shape index (κ2) is 16.1. The predicted molar refractivity (Wildman–Crippen MR) is 175 cm³/mol. The number of esters is 1. The van der Waals surface area contributed by atoms with Crippen molar-refractivity contribution in [2.75, 3.05) is 19.8 Å². The Morgan fingerprint density at radius 3 is 2.53 bits per heavy atom. The van der Waals surface area contributed by atoms with Crippen molar-refractivity contribution >= 4 is 17.8 Å². The molecule has 2 aromatic carbocycles. The zero-order valence-electron chi connectivity index (χ0n) is 27.4. The quantitative estimate of drug-likeness (QED) is 0.0520. The molecule has 0 unspecified atom stereocenters. The average molecular weight is 651 g/mol. The van der Waals surface area contributed by atoms with E-state index in [-0.39, 0.29) is 38.4 Å². The largest absolute Gasteiger partial charge is 0.494 e. The number of nitrogens with zero attached hydrogens (tertiary/aromatic N) is 4. The molecular formula is C34H46N6O7. The fourth-order valence-corrected chi connectivity index (χ4v) is 5.86. The highest BCUT2D eigenvalue weighted by molar-refractivity contribution is 6.01. The molecule has 1 aliphatic carbocycles. The van der Waals surface area contributed by atoms with Gasteiger partial charge in [0, 0.05) is 36.5 Å². The van der Waals surface area contributed by atoms with E-state index in [1.165, 1.54) is 0 Å². The Hall–Kier alpha value is -4.16. The summed E-state index contributed by atoms with van der Waals surface area (Å²) in [4.78, 5) is 35.2. The molecule has 2 aromatic rings. The number of aliphatic imine (C=N–C) groups is 1. The van der Waals surface area contributed by atoms with Crippen LogP contribution in [-0.2, 0) is 25.6 Å². The number of carbonyl (C=O) groups excluding carboxylic acids is 2. The van der Waals surface area contributed by atoms with Crippen LogP contribution in [0.2, 0.25) is 0 Å². The van der Waals surface area contributed by atoms with Gasteiger partial charge >= 0.3 is 5.97 Å². The van der Waals surface area contributed by atoms with Crippen LogP contribution in [0.4, 0.5) is 0 Å². The monoisotopic (exact) mass is 650 g/mol. The first kappa shape index (κ1) is 35.7. The van der Waals surface area contributed by atoms with E-state index < -0.39 is 34.7 Å². The summed E-state index contributed by atoms with van der Waals surface area (Å²) < 4.78 is 17.8. The van der Waals surface area contributed by atoms with E-state index in [2.05, 4.69) is 20.9 Å². The fraction of sp³-hybridized carbons (Fsp3) is 0.559. The summed E-state index contributed by atoms with van der Waals surface area (Å²) in [5.41, 5.74) is 13.2. The van der Waals surface area contributed by atoms with E-state index in [4.69, 9.17) is 29.8 Å². The Morgan fingerprint density at radius 2 is 1.85 bits per heavy atom. The molecular weight excluding hydrogens is 604 g/mol. The van der Waals surface area contributed by atoms with E-state index in [0.29, 0.717) is 48.3 Å². The first-order valence-corrected chi connectivity index (χ1v) is 16.2. The Kier molecular flexibility index (Phi) is 12.2. The molecule has 0 spiro atoms. The summed E-state index contributed by atoms with van der Waals surface area (Å²) >= 11 is 0. The van der Waals surface area contributed by atoms with Crippen LogP contribution in [0.3, 0.4) is 0 Å². The van der Waals surface area contributed by atoms with Gasteiger partial charge in [0.05, 0.1) is 18.8 Å². The van der Waals surface area contributed by atoms with Crippen molar-refractivity contribution in [3.63, 3.8) is 0 Å². The number of rotatable bonds is 15. The molecule has 0 radical (unpaired) electrons. The summed E-state index contributed by atoms with van der Waals surface area (Å²) in [6.45, 7) is 5.85. The van der Waals surface area contributed by atoms with Gasteiger partial charge in [-0.1, -0.05) is 48.6 Å². The molecule has 1 heterocycles. The highest BCUT2D eigenvalue weighted by Crippen LogP contribution is 2.44. The van der Waals surface area contributed by atoms with Gasteiger partial charge in [0.25, 0.3) is 5.91 Å². The minimum Gasteiger partial charge on any atom is -0.494 e. The SMILES string of the molecule is CC(C)(C)OC(=O)CC[C@]1(C(=O)NNCC2(O)CCCCC2)N=C(c2ccc(OCCCO)cc2)O[C@H]1c1ccccc1CN=[N+]=[N-]. The van der Waals surface area contributed by atoms with Gasteiger partial charge < -0.3 is 24.4 Å². The zero-order valence-corrected chi connectivity index (χ0v) is 27.4. The third-order valence-corrected chi connectivity index (χ3v) is 8.21. The molecule has 1 aliphatic heterocycles. The molecule has 47 heavy (non-hydrogen) atoms. The van der Waals surface area contributed by atoms with Crippen LogP contribution < -0.4 is 15.6 Å². The van der Waals surface area contributed by atoms with E-state index in [1.54, 1.807) is 69.3 Å². The van der Waals surface area contributed by atoms with E-state index in [0.717, 1.165) is 19.3 Å². The lowest BCUT2D eigenvalue weighted by Gasteiger charge is -2.34. The molecule has 13 heteroatoms. The normalized spacial score (nSPS) is 20.4. The van der Waals surface area contributed by atoms with Gasteiger partial charge in [-0.05, 0) is 81.0 Å². The van der Waals surface area contributed by atoms with Crippen molar-refractivity contribution in [3.05, 3.63) is 75.7 Å². The maximum Gasteiger partial charge on any atom is 0.306 e. The van der Waals surface area contributed by atoms with Gasteiger partial charge in [-0.2, -0.15) is 0 Å². The molecule has 2 atom stereocenters. The smallest absolute Gasteiger partial charge is 0.306 e. The standard InChI is InChI=1S/C34H46N6O7/c1-32(2,3)47-28(42)16-19-34(31(43)39-37-23-33(44)17-7-4-8-18-33)29(27-11-6-5-10-25(27)22-36-40-35)46-30(38-34)24-12-14-26(15-13-24)45-21-9-20-41/h5-6,10-15,29,37,41,44H,4,7-9,16-23H2,1-3H3,(H,39,43)/t29-,34-/m0/s1. The van der Waals surface area contributed by atoms with Gasteiger partial charge in [-0.25, -0.2) is 10.4 Å². The Morgan fingerprint density at radius 1 is 1.13 bits per heavy atom. The second-order valence-electron chi connectivity index (χ2n) is 13.1. The second-order valence-corrected chi connectivity index (χ2v) is 13.1. The Bertz CT molecular complexity index is 1450. The van der Waals surface area contributed by atoms with E-state index in [1.807, 2.05) is 0 Å². The van der Waals surface area contributed by atoms with Crippen molar-refractivity contribution in [1.29, 1.82) is 0 Å². The zero-order chi connectivity index (χ0) is 33.9. The van der Waals surface area contributed by atoms with Crippen LogP contribution >= 0.6 is 0 Å². The summed E-state index contributed by atoms with van der Waals surface area (Å²) in [7, 11) is 0. The lowest BCUT2D eigenvalue weighted by molar-refractivity contribution is -0.155. The van der Waals surface area contributed by atoms with Crippen LogP contribution in [0, 0.1) is 0 Å². The Labute approximate surface area is 275 Å². The summed E-state index contributed by atoms with van der Waals surface area (Å²) in [5.74, 6) is -0.275. The summed E-state index contributed by atoms with van der Waals surface area (Å²) in [5, 5.41) is 23.9. The van der Waals surface area contributed by atoms with Crippen molar-refractivity contribution < 1.29 is 34.0 Å². The molecule has 13 nitrogen and oxygen atoms in total. The number of nitrogens with one attached hydrogen (secondary N) is 2. The summed E-state index contributed by atoms with van der Waals surface area (Å²) in [6.07, 6.45) is 3.41. The minimum atomic E-state index is -1.66. The molecule has 4 rings (SSSR count). The van der Waals surface area contributed by atoms with Gasteiger partial charge in [-0.15, -0.1) is 0 Å². The topological polar surface area (TPSA) is 187 Å². The number of benzene rings is 2. The highest BCUT2D eigenvalue weighted by atomic mass is 16.6. The maximum atomic E-state index is 14.4. The molecule has 2 aliphatic rings. The van der Waals surface area contributed by atoms with E-state index >= 15 is 0 Å². The molecule has 0 aromatic heterocycles. The Balaban J connectivity index is 1.73. The van der Waals surface area contributed by atoms with Crippen LogP contribution in [0.1, 0.15) is 94.9 Å². The molecule has 0 bridgehead atoms. The first-order valence-electron chi connectivity index (χ1n) is 16.2. The molecule has 1 amide bonds. The lowest BCUT2D eigenvalue weighted by atomic mass is 9.82. The predicted octanol–water partition coefficient (Wildman–Crippen LogP) is 4.95. The minimum absolute atomic E-state index is 0.0107. The maximum absolute atomic E-state index is 14.4. The van der Waals surface area contributed by atoms with Gasteiger partial charge in [-0.3, -0.25) is 15.0 Å². The number of hydrogen-bond donors (Lipinski definition) is 4. The first-order chi connectivity index (χ1) is 22.5. The van der Waals surface area contributed by atoms with Gasteiger partial charge in [0.15, 0.2) is 11.6 Å². The van der Waals surface area contributed by atoms with Crippen LogP contribution in [0.5, 0.6) is 5.75 Å². The molecule has 1 saturated carbocycles. The van der Waals surface area contributed by atoms with Crippen LogP contribution in [0.15, 0.2) is 58.6 Å². The van der Waals surface area contributed by atoms with E-state index in [9.17, 15) is 14.7 Å². The van der Waals surface area contributed by atoms with Crippen molar-refractivity contribution in [3.8, 4) is 5.75 Å². The number of carbonyl (C=O) groups is 2. The van der Waals surface area contributed by atoms with Crippen LogP contribution in [0.25, 0.3) is 10.4 Å². The van der Waals surface area contributed by atoms with Gasteiger partial charge in [0.1, 0.15) is 11.4 Å².